The number of aromatic nitrogens is 1. The first-order chi connectivity index (χ1) is 14.8. The van der Waals surface area contributed by atoms with E-state index in [4.69, 9.17) is 4.74 Å². The van der Waals surface area contributed by atoms with Crippen LogP contribution in [0.25, 0.3) is 5.69 Å². The Bertz CT molecular complexity index is 1010. The summed E-state index contributed by atoms with van der Waals surface area (Å²) in [6.45, 7) is 7.07. The highest BCUT2D eigenvalue weighted by molar-refractivity contribution is 5.93. The first kappa shape index (κ1) is 22.5. The largest absolute Gasteiger partial charge is 0.466 e. The Morgan fingerprint density at radius 2 is 2.00 bits per heavy atom. The maximum Gasteiger partial charge on any atom is 0.310 e. The fourth-order valence-corrected chi connectivity index (χ4v) is 4.00. The molecule has 1 aromatic heterocycles. The molecule has 1 unspecified atom stereocenters. The molecule has 1 amide bonds. The molecule has 0 aliphatic carbocycles. The molecule has 1 aromatic carbocycles. The lowest BCUT2D eigenvalue weighted by Crippen LogP contribution is -2.43. The van der Waals surface area contributed by atoms with Crippen molar-refractivity contribution in [2.45, 2.75) is 33.6 Å². The number of carbonyl (C=O) groups excluding carboxylic acids is 2. The van der Waals surface area contributed by atoms with Gasteiger partial charge in [-0.15, -0.1) is 0 Å². The zero-order valence-electron chi connectivity index (χ0n) is 18.1. The van der Waals surface area contributed by atoms with Crippen LogP contribution in [0.3, 0.4) is 0 Å². The summed E-state index contributed by atoms with van der Waals surface area (Å²) in [6, 6.07) is 8.05. The summed E-state index contributed by atoms with van der Waals surface area (Å²) in [5.74, 6) is -0.730. The van der Waals surface area contributed by atoms with Gasteiger partial charge < -0.3 is 10.1 Å². The number of esters is 1. The van der Waals surface area contributed by atoms with E-state index in [1.165, 1.54) is 12.1 Å². The average Bonchev–Trinajstić information content (AvgIpc) is 2.98. The second-order valence-electron chi connectivity index (χ2n) is 7.73. The fraction of sp³-hybridized carbons (Fsp3) is 0.435. The van der Waals surface area contributed by atoms with Crippen LogP contribution in [0.5, 0.6) is 0 Å². The maximum absolute atomic E-state index is 13.4. The summed E-state index contributed by atoms with van der Waals surface area (Å²) in [6.07, 6.45) is 1.56. The van der Waals surface area contributed by atoms with Gasteiger partial charge in [-0.25, -0.2) is 4.39 Å². The van der Waals surface area contributed by atoms with Gasteiger partial charge in [-0.05, 0) is 70.0 Å². The van der Waals surface area contributed by atoms with Crippen molar-refractivity contribution in [1.82, 2.24) is 9.47 Å². The first-order valence-electron chi connectivity index (χ1n) is 10.4. The molecule has 1 aliphatic heterocycles. The standard InChI is InChI=1S/C23H27FN4O3/c1-4-31-23(30)17-6-5-11-27(13-17)14-21(29)26-22-20(12-25)15(2)16(3)28(22)19-9-7-18(24)8-10-19/h7-10,17H,4-6,11,13-14H2,1-3H3,(H,26,29). The van der Waals surface area contributed by atoms with E-state index in [1.807, 2.05) is 18.7 Å². The predicted molar refractivity (Wildman–Crippen MR) is 114 cm³/mol. The predicted octanol–water partition coefficient (Wildman–Crippen LogP) is 3.32. The van der Waals surface area contributed by atoms with Crippen molar-refractivity contribution in [3.05, 3.63) is 46.9 Å². The molecule has 0 radical (unpaired) electrons. The molecule has 0 spiro atoms. The monoisotopic (exact) mass is 426 g/mol. The zero-order valence-corrected chi connectivity index (χ0v) is 18.1. The molecule has 1 saturated heterocycles. The third kappa shape index (κ3) is 4.94. The number of likely N-dealkylation sites (tertiary alicyclic amines) is 1. The molecule has 164 valence electrons. The zero-order chi connectivity index (χ0) is 22.5. The molecule has 1 N–H and O–H groups in total. The lowest BCUT2D eigenvalue weighted by molar-refractivity contribution is -0.150. The molecule has 2 aromatic rings. The van der Waals surface area contributed by atoms with Crippen LogP contribution in [0.1, 0.15) is 36.6 Å². The van der Waals surface area contributed by atoms with Crippen LogP contribution in [-0.2, 0) is 14.3 Å². The summed E-state index contributed by atoms with van der Waals surface area (Å²) >= 11 is 0. The molecule has 1 fully saturated rings. The second-order valence-corrected chi connectivity index (χ2v) is 7.73. The number of hydrogen-bond acceptors (Lipinski definition) is 5. The van der Waals surface area contributed by atoms with Crippen molar-refractivity contribution in [2.75, 3.05) is 31.6 Å². The van der Waals surface area contributed by atoms with Crippen LogP contribution < -0.4 is 5.32 Å². The maximum atomic E-state index is 13.4. The number of nitrogens with zero attached hydrogens (tertiary/aromatic N) is 3. The van der Waals surface area contributed by atoms with Gasteiger partial charge >= 0.3 is 5.97 Å². The van der Waals surface area contributed by atoms with E-state index in [-0.39, 0.29) is 30.2 Å². The molecule has 0 saturated carbocycles. The summed E-state index contributed by atoms with van der Waals surface area (Å²) in [5.41, 5.74) is 2.57. The number of rotatable bonds is 6. The number of nitrogens with one attached hydrogen (secondary N) is 1. The Balaban J connectivity index is 1.80. The molecular formula is C23H27FN4O3. The van der Waals surface area contributed by atoms with Crippen molar-refractivity contribution in [1.29, 1.82) is 5.26 Å². The van der Waals surface area contributed by atoms with E-state index < -0.39 is 0 Å². The van der Waals surface area contributed by atoms with Crippen LogP contribution in [-0.4, -0.2) is 47.6 Å². The van der Waals surface area contributed by atoms with E-state index in [0.717, 1.165) is 24.1 Å². The second kappa shape index (κ2) is 9.75. The molecule has 7 nitrogen and oxygen atoms in total. The summed E-state index contributed by atoms with van der Waals surface area (Å²) in [5, 5.41) is 12.5. The highest BCUT2D eigenvalue weighted by Crippen LogP contribution is 2.30. The number of carbonyl (C=O) groups is 2. The SMILES string of the molecule is CCOC(=O)C1CCCN(CC(=O)Nc2c(C#N)c(C)c(C)n2-c2ccc(F)cc2)C1. The highest BCUT2D eigenvalue weighted by atomic mass is 19.1. The number of halogens is 1. The van der Waals surface area contributed by atoms with Crippen LogP contribution in [0.4, 0.5) is 10.2 Å². The van der Waals surface area contributed by atoms with Gasteiger partial charge in [-0.2, -0.15) is 5.26 Å². The summed E-state index contributed by atoms with van der Waals surface area (Å²) in [4.78, 5) is 26.8. The fourth-order valence-electron chi connectivity index (χ4n) is 4.00. The van der Waals surface area contributed by atoms with Crippen molar-refractivity contribution < 1.29 is 18.7 Å². The van der Waals surface area contributed by atoms with Gasteiger partial charge in [0.05, 0.1) is 24.6 Å². The molecule has 8 heteroatoms. The number of nitriles is 1. The Kier molecular flexibility index (Phi) is 7.08. The van der Waals surface area contributed by atoms with E-state index in [9.17, 15) is 19.2 Å². The van der Waals surface area contributed by atoms with Gasteiger partial charge in [0.2, 0.25) is 5.91 Å². The molecule has 3 rings (SSSR count). The van der Waals surface area contributed by atoms with Crippen molar-refractivity contribution >= 4 is 17.7 Å². The third-order valence-corrected chi connectivity index (χ3v) is 5.66. The quantitative estimate of drug-likeness (QED) is 0.716. The Morgan fingerprint density at radius 1 is 1.29 bits per heavy atom. The minimum atomic E-state index is -0.363. The molecule has 0 bridgehead atoms. The number of hydrogen-bond donors (Lipinski definition) is 1. The first-order valence-corrected chi connectivity index (χ1v) is 10.4. The summed E-state index contributed by atoms with van der Waals surface area (Å²) < 4.78 is 20.3. The number of benzene rings is 1. The average molecular weight is 426 g/mol. The number of anilines is 1. The number of piperidine rings is 1. The van der Waals surface area contributed by atoms with Gasteiger partial charge in [-0.3, -0.25) is 19.1 Å². The topological polar surface area (TPSA) is 87.4 Å². The molecule has 2 heterocycles. The van der Waals surface area contributed by atoms with Gasteiger partial charge in [0.25, 0.3) is 0 Å². The number of amides is 1. The van der Waals surface area contributed by atoms with Crippen LogP contribution in [0.15, 0.2) is 24.3 Å². The lowest BCUT2D eigenvalue weighted by Gasteiger charge is -2.30. The minimum absolute atomic E-state index is 0.105. The van der Waals surface area contributed by atoms with E-state index in [1.54, 1.807) is 23.6 Å². The molecule has 1 aliphatic rings. The number of ether oxygens (including phenoxy) is 1. The van der Waals surface area contributed by atoms with Gasteiger partial charge in [0, 0.05) is 17.9 Å². The van der Waals surface area contributed by atoms with Crippen LogP contribution in [0.2, 0.25) is 0 Å². The third-order valence-electron chi connectivity index (χ3n) is 5.66. The van der Waals surface area contributed by atoms with E-state index >= 15 is 0 Å². The van der Waals surface area contributed by atoms with Crippen LogP contribution in [0, 0.1) is 36.9 Å². The molecular weight excluding hydrogens is 399 g/mol. The summed E-state index contributed by atoms with van der Waals surface area (Å²) in [7, 11) is 0. The smallest absolute Gasteiger partial charge is 0.310 e. The molecule has 31 heavy (non-hydrogen) atoms. The van der Waals surface area contributed by atoms with Crippen molar-refractivity contribution in [3.63, 3.8) is 0 Å². The van der Waals surface area contributed by atoms with Crippen molar-refractivity contribution in [2.24, 2.45) is 5.92 Å². The van der Waals surface area contributed by atoms with E-state index in [2.05, 4.69) is 11.4 Å². The van der Waals surface area contributed by atoms with Gasteiger partial charge in [0.15, 0.2) is 0 Å². The normalized spacial score (nSPS) is 16.5. The van der Waals surface area contributed by atoms with E-state index in [0.29, 0.717) is 36.8 Å². The van der Waals surface area contributed by atoms with Crippen molar-refractivity contribution in [3.8, 4) is 11.8 Å². The minimum Gasteiger partial charge on any atom is -0.466 e. The lowest BCUT2D eigenvalue weighted by atomic mass is 9.98. The Hall–Kier alpha value is -3.18. The highest BCUT2D eigenvalue weighted by Gasteiger charge is 2.28. The van der Waals surface area contributed by atoms with Gasteiger partial charge in [-0.1, -0.05) is 0 Å². The van der Waals surface area contributed by atoms with Gasteiger partial charge in [0.1, 0.15) is 17.7 Å². The Morgan fingerprint density at radius 3 is 2.65 bits per heavy atom. The van der Waals surface area contributed by atoms with Crippen LogP contribution >= 0.6 is 0 Å². The Labute approximate surface area is 181 Å². The molecule has 1 atom stereocenters.